The smallest absolute Gasteiger partial charge is 0.197 e. The fourth-order valence-electron chi connectivity index (χ4n) is 2.14. The zero-order valence-corrected chi connectivity index (χ0v) is 16.7. The molecule has 0 aromatic heterocycles. The molecule has 134 valence electrons. The summed E-state index contributed by atoms with van der Waals surface area (Å²) in [5.74, 6) is 0. The monoisotopic (exact) mass is 404 g/mol. The lowest BCUT2D eigenvalue weighted by molar-refractivity contribution is 0.808. The van der Waals surface area contributed by atoms with E-state index in [1.165, 1.54) is 22.9 Å². The van der Waals surface area contributed by atoms with Crippen LogP contribution in [0.1, 0.15) is 18.1 Å². The Labute approximate surface area is 167 Å². The third-order valence-corrected chi connectivity index (χ3v) is 4.95. The maximum absolute atomic E-state index is 6.12. The van der Waals surface area contributed by atoms with E-state index in [9.17, 15) is 0 Å². The van der Waals surface area contributed by atoms with E-state index in [1.807, 2.05) is 6.92 Å². The molecule has 2 N–H and O–H groups in total. The molecule has 4 nitrogen and oxygen atoms in total. The molecule has 1 aliphatic heterocycles. The lowest BCUT2D eigenvalue weighted by atomic mass is 10.1. The maximum Gasteiger partial charge on any atom is 0.197 e. The third-order valence-electron chi connectivity index (χ3n) is 3.62. The number of nitrogens with one attached hydrogen (secondary N) is 2. The highest BCUT2D eigenvalue weighted by Gasteiger charge is 2.18. The molecule has 2 aromatic carbocycles. The highest BCUT2D eigenvalue weighted by molar-refractivity contribution is 8.29. The molecule has 2 aromatic rings. The Balaban J connectivity index is 1.52. The minimum Gasteiger partial charge on any atom is -0.383 e. The van der Waals surface area contributed by atoms with Crippen molar-refractivity contribution in [3.63, 3.8) is 0 Å². The van der Waals surface area contributed by atoms with Crippen molar-refractivity contribution in [2.45, 2.75) is 20.4 Å². The molecular weight excluding hydrogens is 387 g/mol. The fourth-order valence-corrected chi connectivity index (χ4v) is 3.06. The van der Waals surface area contributed by atoms with Crippen molar-refractivity contribution in [1.82, 2.24) is 5.32 Å². The molecule has 0 saturated carbocycles. The Hall–Kier alpha value is -1.95. The molecule has 7 heteroatoms. The Morgan fingerprint density at radius 3 is 2.65 bits per heavy atom. The number of rotatable bonds is 5. The van der Waals surface area contributed by atoms with Crippen LogP contribution >= 0.6 is 35.0 Å². The summed E-state index contributed by atoms with van der Waals surface area (Å²) in [4.78, 5) is 8.69. The van der Waals surface area contributed by atoms with E-state index in [0.29, 0.717) is 15.2 Å². The number of nitrogens with zero attached hydrogens (tertiary/aromatic N) is 2. The second-order valence-electron chi connectivity index (χ2n) is 5.83. The third kappa shape index (κ3) is 5.27. The van der Waals surface area contributed by atoms with Gasteiger partial charge in [-0.05, 0) is 49.4 Å². The number of hydrogen-bond donors (Lipinski definition) is 2. The summed E-state index contributed by atoms with van der Waals surface area (Å²) >= 11 is 13.5. The highest BCUT2D eigenvalue weighted by atomic mass is 35.5. The highest BCUT2D eigenvalue weighted by Crippen LogP contribution is 2.29. The number of amidine groups is 2. The minimum absolute atomic E-state index is 0.596. The predicted octanol–water partition coefficient (Wildman–Crippen LogP) is 5.82. The number of halogens is 2. The van der Waals surface area contributed by atoms with Gasteiger partial charge in [0.25, 0.3) is 0 Å². The first-order chi connectivity index (χ1) is 12.5. The number of aliphatic imine (C=N–C) groups is 2. The normalized spacial score (nSPS) is 15.5. The van der Waals surface area contributed by atoms with E-state index in [4.69, 9.17) is 23.2 Å². The van der Waals surface area contributed by atoms with Gasteiger partial charge in [0.2, 0.25) is 0 Å². The largest absolute Gasteiger partial charge is 0.383 e. The number of benzene rings is 2. The Kier molecular flexibility index (Phi) is 6.25. The van der Waals surface area contributed by atoms with Gasteiger partial charge in [0.15, 0.2) is 10.3 Å². The number of allylic oxidation sites excluding steroid dienone is 1. The van der Waals surface area contributed by atoms with Crippen molar-refractivity contribution in [2.24, 2.45) is 9.98 Å². The average Bonchev–Trinajstić information content (AvgIpc) is 2.59. The minimum atomic E-state index is 0.596. The van der Waals surface area contributed by atoms with Crippen LogP contribution in [0.2, 0.25) is 10.0 Å². The van der Waals surface area contributed by atoms with Crippen LogP contribution in [0.4, 0.5) is 5.69 Å². The summed E-state index contributed by atoms with van der Waals surface area (Å²) in [6, 6.07) is 13.7. The van der Waals surface area contributed by atoms with Gasteiger partial charge in [-0.1, -0.05) is 53.0 Å². The van der Waals surface area contributed by atoms with Crippen LogP contribution in [0.15, 0.2) is 64.3 Å². The topological polar surface area (TPSA) is 48.8 Å². The van der Waals surface area contributed by atoms with Gasteiger partial charge in [0.05, 0.1) is 10.7 Å². The summed E-state index contributed by atoms with van der Waals surface area (Å²) in [5, 5.41) is 9.13. The van der Waals surface area contributed by atoms with Crippen molar-refractivity contribution in [3.05, 3.63) is 75.5 Å². The first kappa shape index (κ1) is 18.8. The van der Waals surface area contributed by atoms with Crippen LogP contribution in [-0.4, -0.2) is 10.3 Å². The zero-order valence-electron chi connectivity index (χ0n) is 14.4. The van der Waals surface area contributed by atoms with Crippen molar-refractivity contribution in [3.8, 4) is 0 Å². The molecule has 26 heavy (non-hydrogen) atoms. The van der Waals surface area contributed by atoms with Gasteiger partial charge < -0.3 is 10.6 Å². The van der Waals surface area contributed by atoms with Crippen LogP contribution in [0, 0.1) is 6.92 Å². The molecule has 1 heterocycles. The first-order valence-corrected chi connectivity index (χ1v) is 9.59. The summed E-state index contributed by atoms with van der Waals surface area (Å²) < 4.78 is 0. The van der Waals surface area contributed by atoms with Crippen molar-refractivity contribution in [2.75, 3.05) is 5.32 Å². The average molecular weight is 405 g/mol. The van der Waals surface area contributed by atoms with Crippen LogP contribution in [0.3, 0.4) is 0 Å². The molecule has 3 rings (SSSR count). The molecule has 0 saturated heterocycles. The van der Waals surface area contributed by atoms with E-state index >= 15 is 0 Å². The summed E-state index contributed by atoms with van der Waals surface area (Å²) in [6.45, 7) is 4.83. The molecule has 0 aliphatic carbocycles. The number of anilines is 1. The molecule has 0 radical (unpaired) electrons. The number of hydrogen-bond acceptors (Lipinski definition) is 4. The van der Waals surface area contributed by atoms with Crippen molar-refractivity contribution in [1.29, 1.82) is 0 Å². The Bertz CT molecular complexity index is 889. The van der Waals surface area contributed by atoms with E-state index in [-0.39, 0.29) is 0 Å². The van der Waals surface area contributed by atoms with Crippen molar-refractivity contribution >= 4 is 51.0 Å². The molecule has 1 aliphatic rings. The molecule has 0 spiro atoms. The molecule has 0 atom stereocenters. The van der Waals surface area contributed by atoms with Gasteiger partial charge in [-0.25, -0.2) is 4.99 Å². The fraction of sp³-hybridized carbons (Fsp3) is 0.158. The summed E-state index contributed by atoms with van der Waals surface area (Å²) in [5.41, 5.74) is 4.21. The Morgan fingerprint density at radius 2 is 1.92 bits per heavy atom. The van der Waals surface area contributed by atoms with E-state index in [0.717, 1.165) is 23.1 Å². The van der Waals surface area contributed by atoms with Crippen LogP contribution < -0.4 is 10.6 Å². The van der Waals surface area contributed by atoms with E-state index in [1.54, 1.807) is 24.4 Å². The van der Waals surface area contributed by atoms with Gasteiger partial charge in [-0.3, -0.25) is 0 Å². The van der Waals surface area contributed by atoms with Crippen LogP contribution in [0.25, 0.3) is 0 Å². The number of aryl methyl sites for hydroxylation is 1. The molecule has 0 fully saturated rings. The van der Waals surface area contributed by atoms with Gasteiger partial charge in [0.1, 0.15) is 0 Å². The summed E-state index contributed by atoms with van der Waals surface area (Å²) in [7, 11) is 0. The van der Waals surface area contributed by atoms with E-state index in [2.05, 4.69) is 51.8 Å². The lowest BCUT2D eigenvalue weighted by Gasteiger charge is -2.16. The second-order valence-corrected chi connectivity index (χ2v) is 7.63. The standard InChI is InChI=1S/C19H18Cl2N4S/c1-12-3-5-14(6-4-12)11-22-13(2)10-23-18-25-19(26-18)24-17-9-15(20)7-8-16(17)21/h3-10,22H,11H2,1-2H3,(H,23,24,25)/b13-10+. The quantitative estimate of drug-likeness (QED) is 0.659. The van der Waals surface area contributed by atoms with E-state index < -0.39 is 0 Å². The predicted molar refractivity (Wildman–Crippen MR) is 114 cm³/mol. The van der Waals surface area contributed by atoms with Crippen LogP contribution in [-0.2, 0) is 6.54 Å². The van der Waals surface area contributed by atoms with Crippen LogP contribution in [0.5, 0.6) is 0 Å². The first-order valence-electron chi connectivity index (χ1n) is 8.02. The SMILES string of the molecule is C/C(=C\N=C1N=C(Nc2cc(Cl)ccc2Cl)S1)NCc1ccc(C)cc1. The number of thioether (sulfide) groups is 1. The van der Waals surface area contributed by atoms with Gasteiger partial charge in [0, 0.05) is 23.5 Å². The van der Waals surface area contributed by atoms with Gasteiger partial charge in [-0.2, -0.15) is 4.99 Å². The van der Waals surface area contributed by atoms with Gasteiger partial charge in [-0.15, -0.1) is 0 Å². The molecule has 0 unspecified atom stereocenters. The van der Waals surface area contributed by atoms with Gasteiger partial charge >= 0.3 is 0 Å². The maximum atomic E-state index is 6.12. The Morgan fingerprint density at radius 1 is 1.19 bits per heavy atom. The second kappa shape index (κ2) is 8.62. The molecule has 0 bridgehead atoms. The molecule has 0 amide bonds. The zero-order chi connectivity index (χ0) is 18.5. The van der Waals surface area contributed by atoms with Crippen molar-refractivity contribution < 1.29 is 0 Å². The lowest BCUT2D eigenvalue weighted by Crippen LogP contribution is -2.19. The summed E-state index contributed by atoms with van der Waals surface area (Å²) in [6.07, 6.45) is 1.78. The molecular formula is C19H18Cl2N4S.